The third kappa shape index (κ3) is 4.13. The molecule has 1 aliphatic rings. The number of aryl methyl sites for hydroxylation is 1. The van der Waals surface area contributed by atoms with Crippen molar-refractivity contribution >= 4 is 17.6 Å². The number of carbonyl (C=O) groups is 1. The van der Waals surface area contributed by atoms with E-state index in [4.69, 9.17) is 25.8 Å². The van der Waals surface area contributed by atoms with Gasteiger partial charge in [-0.1, -0.05) is 41.4 Å². The minimum absolute atomic E-state index is 0.0290. The van der Waals surface area contributed by atoms with Crippen molar-refractivity contribution in [3.05, 3.63) is 58.1 Å². The zero-order valence-corrected chi connectivity index (χ0v) is 15.8. The topological polar surface area (TPSA) is 88.4 Å². The van der Waals surface area contributed by atoms with Crippen molar-refractivity contribution in [2.24, 2.45) is 0 Å². The van der Waals surface area contributed by atoms with Crippen molar-refractivity contribution in [2.45, 2.75) is 26.7 Å². The van der Waals surface area contributed by atoms with Crippen LogP contribution in [0.4, 0.5) is 0 Å². The molecule has 1 aliphatic heterocycles. The van der Waals surface area contributed by atoms with Gasteiger partial charge in [0.2, 0.25) is 5.82 Å². The Bertz CT molecular complexity index is 1000. The van der Waals surface area contributed by atoms with Gasteiger partial charge >= 0.3 is 5.97 Å². The van der Waals surface area contributed by atoms with Gasteiger partial charge in [-0.15, -0.1) is 10.2 Å². The Morgan fingerprint density at radius 3 is 2.93 bits per heavy atom. The highest BCUT2D eigenvalue weighted by Crippen LogP contribution is 2.32. The molecule has 0 N–H and O–H groups in total. The molecule has 28 heavy (non-hydrogen) atoms. The predicted octanol–water partition coefficient (Wildman–Crippen LogP) is 2.91. The van der Waals surface area contributed by atoms with E-state index in [9.17, 15) is 4.79 Å². The van der Waals surface area contributed by atoms with Crippen LogP contribution in [0.2, 0.25) is 5.02 Å². The van der Waals surface area contributed by atoms with Crippen LogP contribution in [-0.4, -0.2) is 33.0 Å². The first-order valence-electron chi connectivity index (χ1n) is 8.61. The van der Waals surface area contributed by atoms with Crippen molar-refractivity contribution in [3.8, 4) is 17.1 Å². The second-order valence-corrected chi connectivity index (χ2v) is 6.77. The Labute approximate surface area is 166 Å². The molecule has 0 fully saturated rings. The molecule has 0 unspecified atom stereocenters. The molecule has 0 bridgehead atoms. The van der Waals surface area contributed by atoms with Gasteiger partial charge in [-0.25, -0.2) is 4.79 Å². The second-order valence-electron chi connectivity index (χ2n) is 6.33. The van der Waals surface area contributed by atoms with Crippen LogP contribution in [0.1, 0.15) is 16.7 Å². The number of fused-ring (bicyclic) bond motifs is 1. The predicted molar refractivity (Wildman–Crippen MR) is 99.5 cm³/mol. The van der Waals surface area contributed by atoms with E-state index in [1.54, 1.807) is 12.1 Å². The van der Waals surface area contributed by atoms with E-state index in [0.29, 0.717) is 28.8 Å². The normalized spacial score (nSPS) is 12.9. The van der Waals surface area contributed by atoms with E-state index in [-0.39, 0.29) is 19.9 Å². The molecule has 8 nitrogen and oxygen atoms in total. The lowest BCUT2D eigenvalue weighted by Gasteiger charge is -2.21. The number of carbonyl (C=O) groups excluding carboxylic acids is 1. The zero-order chi connectivity index (χ0) is 19.5. The van der Waals surface area contributed by atoms with Crippen LogP contribution in [0.3, 0.4) is 0 Å². The second kappa shape index (κ2) is 7.95. The fraction of sp³-hybridized carbons (Fsp3) is 0.263. The number of tetrazole rings is 1. The Kier molecular flexibility index (Phi) is 5.23. The van der Waals surface area contributed by atoms with Crippen molar-refractivity contribution < 1.29 is 19.0 Å². The lowest BCUT2D eigenvalue weighted by atomic mass is 10.1. The Hall–Kier alpha value is -2.97. The summed E-state index contributed by atoms with van der Waals surface area (Å²) in [5.74, 6) is 0.600. The summed E-state index contributed by atoms with van der Waals surface area (Å²) in [4.78, 5) is 13.4. The molecular weight excluding hydrogens is 384 g/mol. The van der Waals surface area contributed by atoms with Crippen molar-refractivity contribution in [2.75, 3.05) is 6.79 Å². The summed E-state index contributed by atoms with van der Waals surface area (Å²) < 4.78 is 16.1. The number of benzene rings is 2. The number of hydrogen-bond donors (Lipinski definition) is 0. The van der Waals surface area contributed by atoms with Gasteiger partial charge in [0.1, 0.15) is 12.4 Å². The molecule has 0 spiro atoms. The molecular formula is C19H17ClN4O4. The van der Waals surface area contributed by atoms with Crippen LogP contribution in [-0.2, 0) is 34.0 Å². The van der Waals surface area contributed by atoms with Crippen molar-refractivity contribution in [1.29, 1.82) is 0 Å². The summed E-state index contributed by atoms with van der Waals surface area (Å²) in [6, 6.07) is 11.2. The summed E-state index contributed by atoms with van der Waals surface area (Å²) in [5.41, 5.74) is 3.48. The van der Waals surface area contributed by atoms with Gasteiger partial charge in [-0.3, -0.25) is 0 Å². The molecule has 0 saturated heterocycles. The maximum absolute atomic E-state index is 12.2. The number of ether oxygens (including phenoxy) is 3. The van der Waals surface area contributed by atoms with Gasteiger partial charge in [0.15, 0.2) is 13.3 Å². The van der Waals surface area contributed by atoms with Gasteiger partial charge in [0.05, 0.1) is 6.61 Å². The first-order chi connectivity index (χ1) is 13.6. The van der Waals surface area contributed by atoms with E-state index < -0.39 is 5.97 Å². The number of halogens is 1. The van der Waals surface area contributed by atoms with E-state index in [2.05, 4.69) is 15.4 Å². The third-order valence-corrected chi connectivity index (χ3v) is 4.39. The monoisotopic (exact) mass is 400 g/mol. The lowest BCUT2D eigenvalue weighted by Crippen LogP contribution is -2.17. The minimum atomic E-state index is -0.492. The van der Waals surface area contributed by atoms with Gasteiger partial charge in [-0.2, -0.15) is 4.80 Å². The summed E-state index contributed by atoms with van der Waals surface area (Å²) in [7, 11) is 0. The third-order valence-electron chi connectivity index (χ3n) is 4.17. The molecule has 0 aliphatic carbocycles. The molecule has 0 radical (unpaired) electrons. The molecule has 0 atom stereocenters. The SMILES string of the molecule is Cc1ccc(-c2nnn(CC(=O)OCc3cc(Cl)cc4c3OCOC4)n2)cc1. The van der Waals surface area contributed by atoms with E-state index >= 15 is 0 Å². The fourth-order valence-electron chi connectivity index (χ4n) is 2.81. The number of hydrogen-bond acceptors (Lipinski definition) is 7. The Morgan fingerprint density at radius 1 is 1.29 bits per heavy atom. The van der Waals surface area contributed by atoms with E-state index in [0.717, 1.165) is 16.7 Å². The average molecular weight is 401 g/mol. The molecule has 1 aromatic heterocycles. The zero-order valence-electron chi connectivity index (χ0n) is 15.1. The van der Waals surface area contributed by atoms with E-state index in [1.807, 2.05) is 31.2 Å². The van der Waals surface area contributed by atoms with Gasteiger partial charge < -0.3 is 14.2 Å². The molecule has 144 valence electrons. The quantitative estimate of drug-likeness (QED) is 0.608. The van der Waals surface area contributed by atoms with Crippen LogP contribution in [0.15, 0.2) is 36.4 Å². The summed E-state index contributed by atoms with van der Waals surface area (Å²) in [6.07, 6.45) is 0. The van der Waals surface area contributed by atoms with Crippen LogP contribution in [0.5, 0.6) is 5.75 Å². The van der Waals surface area contributed by atoms with Crippen molar-refractivity contribution in [1.82, 2.24) is 20.2 Å². The molecule has 0 amide bonds. The van der Waals surface area contributed by atoms with Crippen LogP contribution in [0, 0.1) is 6.92 Å². The molecule has 2 aromatic carbocycles. The molecule has 2 heterocycles. The first kappa shape index (κ1) is 18.4. The number of esters is 1. The van der Waals surface area contributed by atoms with Crippen LogP contribution in [0.25, 0.3) is 11.4 Å². The molecule has 4 rings (SSSR count). The fourth-order valence-corrected chi connectivity index (χ4v) is 3.08. The highest BCUT2D eigenvalue weighted by atomic mass is 35.5. The summed E-state index contributed by atoms with van der Waals surface area (Å²) >= 11 is 6.11. The van der Waals surface area contributed by atoms with Gasteiger partial charge in [0.25, 0.3) is 0 Å². The molecule has 0 saturated carbocycles. The lowest BCUT2D eigenvalue weighted by molar-refractivity contribution is -0.146. The number of nitrogens with zero attached hydrogens (tertiary/aromatic N) is 4. The Morgan fingerprint density at radius 2 is 2.11 bits per heavy atom. The molecule has 3 aromatic rings. The summed E-state index contributed by atoms with van der Waals surface area (Å²) in [6.45, 7) is 2.44. The van der Waals surface area contributed by atoms with Crippen LogP contribution >= 0.6 is 11.6 Å². The molecule has 9 heteroatoms. The number of aromatic nitrogens is 4. The van der Waals surface area contributed by atoms with Crippen LogP contribution < -0.4 is 4.74 Å². The van der Waals surface area contributed by atoms with Crippen molar-refractivity contribution in [3.63, 3.8) is 0 Å². The first-order valence-corrected chi connectivity index (χ1v) is 8.98. The maximum atomic E-state index is 12.2. The van der Waals surface area contributed by atoms with Gasteiger partial charge in [-0.05, 0) is 24.3 Å². The largest absolute Gasteiger partial charge is 0.467 e. The summed E-state index contributed by atoms with van der Waals surface area (Å²) in [5, 5.41) is 12.6. The average Bonchev–Trinajstić information content (AvgIpc) is 3.15. The highest BCUT2D eigenvalue weighted by molar-refractivity contribution is 6.30. The highest BCUT2D eigenvalue weighted by Gasteiger charge is 2.18. The number of rotatable bonds is 5. The van der Waals surface area contributed by atoms with E-state index in [1.165, 1.54) is 4.80 Å². The smallest absolute Gasteiger partial charge is 0.330 e. The standard InChI is InChI=1S/C19H17ClN4O4/c1-12-2-4-13(5-3-12)19-21-23-24(22-19)8-17(25)27-10-15-7-16(20)6-14-9-26-11-28-18(14)15/h2-7H,8-11H2,1H3. The maximum Gasteiger partial charge on any atom is 0.330 e. The Balaban J connectivity index is 1.39. The van der Waals surface area contributed by atoms with Gasteiger partial charge in [0, 0.05) is 21.7 Å². The minimum Gasteiger partial charge on any atom is -0.467 e.